The Balaban J connectivity index is 1.54. The van der Waals surface area contributed by atoms with Gasteiger partial charge in [0.15, 0.2) is 0 Å². The summed E-state index contributed by atoms with van der Waals surface area (Å²) < 4.78 is 6.84. The molecule has 1 aliphatic rings. The monoisotopic (exact) mass is 287 g/mol. The first-order chi connectivity index (χ1) is 10.1. The number of carbonyl (C=O) groups excluding carboxylic acids is 1. The SMILES string of the molecule is Cn1nccc1C1(O)CN(C(=O)OCc2ccccc2)C1. The number of nitrogens with zero attached hydrogens (tertiary/aromatic N) is 3. The van der Waals surface area contributed by atoms with Gasteiger partial charge in [0.05, 0.1) is 18.8 Å². The summed E-state index contributed by atoms with van der Waals surface area (Å²) in [7, 11) is 1.77. The fraction of sp³-hybridized carbons (Fsp3) is 0.333. The van der Waals surface area contributed by atoms with Crippen LogP contribution in [0.2, 0.25) is 0 Å². The predicted octanol–water partition coefficient (Wildman–Crippen LogP) is 1.26. The molecule has 6 heteroatoms. The van der Waals surface area contributed by atoms with Crippen LogP contribution in [-0.2, 0) is 24.0 Å². The molecule has 3 rings (SSSR count). The van der Waals surface area contributed by atoms with Crippen molar-refractivity contribution in [1.29, 1.82) is 0 Å². The number of benzene rings is 1. The van der Waals surface area contributed by atoms with Crippen molar-refractivity contribution in [3.63, 3.8) is 0 Å². The van der Waals surface area contributed by atoms with Crippen molar-refractivity contribution in [2.24, 2.45) is 7.05 Å². The maximum atomic E-state index is 11.9. The minimum absolute atomic E-state index is 0.222. The number of likely N-dealkylation sites (tertiary alicyclic amines) is 1. The molecule has 0 spiro atoms. The third kappa shape index (κ3) is 2.62. The number of carbonyl (C=O) groups is 1. The standard InChI is InChI=1S/C15H17N3O3/c1-17-13(7-8-16-17)15(20)10-18(11-15)14(19)21-9-12-5-3-2-4-6-12/h2-8,20H,9-11H2,1H3. The molecule has 21 heavy (non-hydrogen) atoms. The number of aryl methyl sites for hydroxylation is 1. The Morgan fingerprint density at radius 1 is 1.33 bits per heavy atom. The Kier molecular flexibility index (Phi) is 3.39. The van der Waals surface area contributed by atoms with Crippen LogP contribution in [0.3, 0.4) is 0 Å². The Morgan fingerprint density at radius 2 is 2.05 bits per heavy atom. The molecule has 0 aliphatic carbocycles. The number of ether oxygens (including phenoxy) is 1. The first-order valence-electron chi connectivity index (χ1n) is 6.75. The van der Waals surface area contributed by atoms with E-state index in [2.05, 4.69) is 5.10 Å². The number of aromatic nitrogens is 2. The highest BCUT2D eigenvalue weighted by molar-refractivity contribution is 5.69. The first kappa shape index (κ1) is 13.6. The second-order valence-corrected chi connectivity index (χ2v) is 5.27. The molecule has 2 aromatic rings. The predicted molar refractivity (Wildman–Crippen MR) is 75.3 cm³/mol. The lowest BCUT2D eigenvalue weighted by Crippen LogP contribution is -2.61. The van der Waals surface area contributed by atoms with Crippen LogP contribution < -0.4 is 0 Å². The molecule has 0 saturated carbocycles. The number of amides is 1. The van der Waals surface area contributed by atoms with Crippen LogP contribution in [0, 0.1) is 0 Å². The number of aliphatic hydroxyl groups is 1. The number of rotatable bonds is 3. The van der Waals surface area contributed by atoms with E-state index >= 15 is 0 Å². The maximum Gasteiger partial charge on any atom is 0.410 e. The van der Waals surface area contributed by atoms with Gasteiger partial charge in [0.25, 0.3) is 0 Å². The summed E-state index contributed by atoms with van der Waals surface area (Å²) in [5.41, 5.74) is 0.611. The van der Waals surface area contributed by atoms with E-state index in [1.165, 1.54) is 4.90 Å². The van der Waals surface area contributed by atoms with Crippen molar-refractivity contribution in [2.45, 2.75) is 12.2 Å². The van der Waals surface area contributed by atoms with Gasteiger partial charge in [-0.15, -0.1) is 0 Å². The zero-order chi connectivity index (χ0) is 14.9. The maximum absolute atomic E-state index is 11.9. The molecule has 1 N–H and O–H groups in total. The van der Waals surface area contributed by atoms with E-state index in [1.54, 1.807) is 24.0 Å². The Labute approximate surface area is 122 Å². The molecule has 1 fully saturated rings. The molecule has 1 amide bonds. The van der Waals surface area contributed by atoms with Gasteiger partial charge >= 0.3 is 6.09 Å². The summed E-state index contributed by atoms with van der Waals surface area (Å²) in [4.78, 5) is 13.4. The quantitative estimate of drug-likeness (QED) is 0.923. The normalized spacial score (nSPS) is 16.4. The van der Waals surface area contributed by atoms with Crippen LogP contribution >= 0.6 is 0 Å². The number of hydrogen-bond donors (Lipinski definition) is 1. The van der Waals surface area contributed by atoms with E-state index in [-0.39, 0.29) is 19.7 Å². The fourth-order valence-corrected chi connectivity index (χ4v) is 2.52. The van der Waals surface area contributed by atoms with Gasteiger partial charge in [-0.25, -0.2) is 4.79 Å². The van der Waals surface area contributed by atoms with E-state index in [9.17, 15) is 9.90 Å². The number of β-amino-alcohol motifs (C(OH)–C–C–N with tert-alkyl or cyclic N) is 1. The van der Waals surface area contributed by atoms with Crippen LogP contribution in [-0.4, -0.2) is 39.0 Å². The molecule has 1 aliphatic heterocycles. The van der Waals surface area contributed by atoms with Crippen LogP contribution in [0.1, 0.15) is 11.3 Å². The zero-order valence-electron chi connectivity index (χ0n) is 11.8. The summed E-state index contributed by atoms with van der Waals surface area (Å²) in [6, 6.07) is 11.3. The summed E-state index contributed by atoms with van der Waals surface area (Å²) in [5, 5.41) is 14.5. The van der Waals surface area contributed by atoms with Crippen molar-refractivity contribution in [3.05, 3.63) is 53.9 Å². The average Bonchev–Trinajstić information content (AvgIpc) is 2.89. The van der Waals surface area contributed by atoms with E-state index in [0.717, 1.165) is 5.56 Å². The van der Waals surface area contributed by atoms with Gasteiger partial charge in [-0.1, -0.05) is 30.3 Å². The van der Waals surface area contributed by atoms with Crippen LogP contribution in [0.25, 0.3) is 0 Å². The molecular formula is C15H17N3O3. The second kappa shape index (κ2) is 5.21. The molecule has 110 valence electrons. The van der Waals surface area contributed by atoms with Crippen LogP contribution in [0.15, 0.2) is 42.6 Å². The summed E-state index contributed by atoms with van der Waals surface area (Å²) >= 11 is 0. The molecule has 1 saturated heterocycles. The summed E-state index contributed by atoms with van der Waals surface area (Å²) in [6.45, 7) is 0.681. The molecule has 0 radical (unpaired) electrons. The van der Waals surface area contributed by atoms with Gasteiger partial charge in [0.2, 0.25) is 0 Å². The lowest BCUT2D eigenvalue weighted by atomic mass is 9.91. The smallest absolute Gasteiger partial charge is 0.410 e. The van der Waals surface area contributed by atoms with Gasteiger partial charge in [-0.3, -0.25) is 4.68 Å². The molecule has 6 nitrogen and oxygen atoms in total. The van der Waals surface area contributed by atoms with Crippen molar-refractivity contribution in [2.75, 3.05) is 13.1 Å². The lowest BCUT2D eigenvalue weighted by Gasteiger charge is -2.45. The van der Waals surface area contributed by atoms with E-state index < -0.39 is 11.7 Å². The van der Waals surface area contributed by atoms with Crippen molar-refractivity contribution in [1.82, 2.24) is 14.7 Å². The average molecular weight is 287 g/mol. The van der Waals surface area contributed by atoms with Crippen LogP contribution in [0.4, 0.5) is 4.79 Å². The van der Waals surface area contributed by atoms with E-state index in [0.29, 0.717) is 5.69 Å². The van der Waals surface area contributed by atoms with Gasteiger partial charge in [-0.05, 0) is 11.6 Å². The molecule has 0 unspecified atom stereocenters. The van der Waals surface area contributed by atoms with Crippen molar-refractivity contribution in [3.8, 4) is 0 Å². The van der Waals surface area contributed by atoms with Gasteiger partial charge < -0.3 is 14.7 Å². The highest BCUT2D eigenvalue weighted by Crippen LogP contribution is 2.31. The third-order valence-electron chi connectivity index (χ3n) is 3.67. The van der Waals surface area contributed by atoms with Crippen LogP contribution in [0.5, 0.6) is 0 Å². The summed E-state index contributed by atoms with van der Waals surface area (Å²) in [6.07, 6.45) is 1.22. The molecule has 0 atom stereocenters. The Bertz CT molecular complexity index is 633. The van der Waals surface area contributed by atoms with Gasteiger partial charge in [-0.2, -0.15) is 5.10 Å². The molecule has 1 aromatic heterocycles. The van der Waals surface area contributed by atoms with Gasteiger partial charge in [0.1, 0.15) is 12.2 Å². The number of hydrogen-bond acceptors (Lipinski definition) is 4. The molecule has 2 heterocycles. The highest BCUT2D eigenvalue weighted by atomic mass is 16.6. The second-order valence-electron chi connectivity index (χ2n) is 5.27. The Morgan fingerprint density at radius 3 is 2.67 bits per heavy atom. The zero-order valence-corrected chi connectivity index (χ0v) is 11.8. The molecular weight excluding hydrogens is 270 g/mol. The molecule has 1 aromatic carbocycles. The topological polar surface area (TPSA) is 67.6 Å². The van der Waals surface area contributed by atoms with Crippen molar-refractivity contribution >= 4 is 6.09 Å². The van der Waals surface area contributed by atoms with E-state index in [1.807, 2.05) is 30.3 Å². The van der Waals surface area contributed by atoms with Crippen molar-refractivity contribution < 1.29 is 14.6 Å². The summed E-state index contributed by atoms with van der Waals surface area (Å²) in [5.74, 6) is 0. The van der Waals surface area contributed by atoms with E-state index in [4.69, 9.17) is 4.74 Å². The third-order valence-corrected chi connectivity index (χ3v) is 3.67. The minimum Gasteiger partial charge on any atom is -0.445 e. The highest BCUT2D eigenvalue weighted by Gasteiger charge is 2.47. The lowest BCUT2D eigenvalue weighted by molar-refractivity contribution is -0.0997. The fourth-order valence-electron chi connectivity index (χ4n) is 2.52. The van der Waals surface area contributed by atoms with Gasteiger partial charge in [0, 0.05) is 13.2 Å². The minimum atomic E-state index is -1.03. The Hall–Kier alpha value is -2.34. The molecule has 0 bridgehead atoms. The first-order valence-corrected chi connectivity index (χ1v) is 6.75. The largest absolute Gasteiger partial charge is 0.445 e.